The Morgan fingerprint density at radius 1 is 1.05 bits per heavy atom. The molecule has 3 nitrogen and oxygen atoms in total. The molecule has 1 atom stereocenters. The highest BCUT2D eigenvalue weighted by Gasteiger charge is 2.17. The summed E-state index contributed by atoms with van der Waals surface area (Å²) in [6.45, 7) is 7.97. The fourth-order valence-corrected chi connectivity index (χ4v) is 2.29. The Labute approximate surface area is 132 Å². The van der Waals surface area contributed by atoms with Crippen molar-refractivity contribution < 1.29 is 9.53 Å². The van der Waals surface area contributed by atoms with Gasteiger partial charge in [0.05, 0.1) is 0 Å². The van der Waals surface area contributed by atoms with Gasteiger partial charge in [0, 0.05) is 5.69 Å². The lowest BCUT2D eigenvalue weighted by Crippen LogP contribution is -2.30. The molecule has 1 N–H and O–H groups in total. The van der Waals surface area contributed by atoms with Crippen LogP contribution >= 0.6 is 0 Å². The SMILES string of the molecule is Cc1cccc(O[C@@H](C)C(=O)Nc2ccccc2C(C)C)c1. The summed E-state index contributed by atoms with van der Waals surface area (Å²) < 4.78 is 5.72. The Balaban J connectivity index is 2.06. The normalized spacial score (nSPS) is 12.0. The monoisotopic (exact) mass is 297 g/mol. The van der Waals surface area contributed by atoms with E-state index in [0.717, 1.165) is 16.8 Å². The maximum atomic E-state index is 12.3. The van der Waals surface area contributed by atoms with Gasteiger partial charge in [-0.1, -0.05) is 44.2 Å². The number of para-hydroxylation sites is 1. The van der Waals surface area contributed by atoms with Gasteiger partial charge in [0.2, 0.25) is 0 Å². The summed E-state index contributed by atoms with van der Waals surface area (Å²) in [5.74, 6) is 0.916. The lowest BCUT2D eigenvalue weighted by atomic mass is 10.0. The quantitative estimate of drug-likeness (QED) is 0.881. The second-order valence-electron chi connectivity index (χ2n) is 5.81. The molecule has 0 aromatic heterocycles. The van der Waals surface area contributed by atoms with Crippen LogP contribution in [0.25, 0.3) is 0 Å². The van der Waals surface area contributed by atoms with E-state index in [1.807, 2.05) is 55.5 Å². The fourth-order valence-electron chi connectivity index (χ4n) is 2.29. The summed E-state index contributed by atoms with van der Waals surface area (Å²) in [4.78, 5) is 12.3. The summed E-state index contributed by atoms with van der Waals surface area (Å²) in [7, 11) is 0. The van der Waals surface area contributed by atoms with E-state index < -0.39 is 6.10 Å². The highest BCUT2D eigenvalue weighted by atomic mass is 16.5. The molecular formula is C19H23NO2. The average molecular weight is 297 g/mol. The van der Waals surface area contributed by atoms with E-state index >= 15 is 0 Å². The predicted octanol–water partition coefficient (Wildman–Crippen LogP) is 4.52. The number of ether oxygens (including phenoxy) is 1. The van der Waals surface area contributed by atoms with E-state index in [-0.39, 0.29) is 5.91 Å². The molecule has 0 aliphatic heterocycles. The lowest BCUT2D eigenvalue weighted by Gasteiger charge is -2.18. The first-order chi connectivity index (χ1) is 10.5. The Morgan fingerprint density at radius 2 is 1.77 bits per heavy atom. The second-order valence-corrected chi connectivity index (χ2v) is 5.81. The highest BCUT2D eigenvalue weighted by molar-refractivity contribution is 5.94. The van der Waals surface area contributed by atoms with Crippen LogP contribution in [0.1, 0.15) is 37.8 Å². The van der Waals surface area contributed by atoms with Crippen LogP contribution in [0.15, 0.2) is 48.5 Å². The number of aryl methyl sites for hydroxylation is 1. The Morgan fingerprint density at radius 3 is 2.45 bits per heavy atom. The number of hydrogen-bond acceptors (Lipinski definition) is 2. The van der Waals surface area contributed by atoms with Crippen LogP contribution in [-0.2, 0) is 4.79 Å². The molecule has 0 saturated carbocycles. The number of benzene rings is 2. The minimum atomic E-state index is -0.554. The van der Waals surface area contributed by atoms with Gasteiger partial charge in [-0.15, -0.1) is 0 Å². The number of anilines is 1. The third kappa shape index (κ3) is 4.10. The Kier molecular flexibility index (Phi) is 5.21. The van der Waals surface area contributed by atoms with Crippen molar-refractivity contribution in [3.05, 3.63) is 59.7 Å². The molecule has 0 fully saturated rings. The van der Waals surface area contributed by atoms with Gasteiger partial charge in [0.25, 0.3) is 5.91 Å². The number of rotatable bonds is 5. The smallest absolute Gasteiger partial charge is 0.265 e. The van der Waals surface area contributed by atoms with E-state index in [1.165, 1.54) is 0 Å². The highest BCUT2D eigenvalue weighted by Crippen LogP contribution is 2.24. The molecule has 0 radical (unpaired) electrons. The fraction of sp³-hybridized carbons (Fsp3) is 0.316. The van der Waals surface area contributed by atoms with Crippen molar-refractivity contribution >= 4 is 11.6 Å². The van der Waals surface area contributed by atoms with Crippen LogP contribution in [0, 0.1) is 6.92 Å². The molecular weight excluding hydrogens is 274 g/mol. The van der Waals surface area contributed by atoms with Crippen LogP contribution < -0.4 is 10.1 Å². The van der Waals surface area contributed by atoms with Crippen LogP contribution in [0.3, 0.4) is 0 Å². The van der Waals surface area contributed by atoms with Gasteiger partial charge >= 0.3 is 0 Å². The average Bonchev–Trinajstić information content (AvgIpc) is 2.47. The topological polar surface area (TPSA) is 38.3 Å². The second kappa shape index (κ2) is 7.12. The summed E-state index contributed by atoms with van der Waals surface area (Å²) in [5, 5.41) is 2.96. The van der Waals surface area contributed by atoms with Gasteiger partial charge in [0.1, 0.15) is 5.75 Å². The van der Waals surface area contributed by atoms with E-state index in [9.17, 15) is 4.79 Å². The molecule has 0 aliphatic rings. The van der Waals surface area contributed by atoms with Gasteiger partial charge in [-0.05, 0) is 49.1 Å². The summed E-state index contributed by atoms with van der Waals surface area (Å²) >= 11 is 0. The maximum absolute atomic E-state index is 12.3. The molecule has 2 aromatic carbocycles. The van der Waals surface area contributed by atoms with Gasteiger partial charge in [-0.2, -0.15) is 0 Å². The van der Waals surface area contributed by atoms with Crippen molar-refractivity contribution in [2.75, 3.05) is 5.32 Å². The Bertz CT molecular complexity index is 649. The van der Waals surface area contributed by atoms with E-state index in [2.05, 4.69) is 19.2 Å². The third-order valence-electron chi connectivity index (χ3n) is 3.51. The number of hydrogen-bond donors (Lipinski definition) is 1. The van der Waals surface area contributed by atoms with Crippen molar-refractivity contribution in [3.8, 4) is 5.75 Å². The number of amides is 1. The van der Waals surface area contributed by atoms with Crippen molar-refractivity contribution in [1.82, 2.24) is 0 Å². The Hall–Kier alpha value is -2.29. The largest absolute Gasteiger partial charge is 0.481 e. The van der Waals surface area contributed by atoms with Gasteiger partial charge in [0.15, 0.2) is 6.10 Å². The van der Waals surface area contributed by atoms with E-state index in [4.69, 9.17) is 4.74 Å². The number of carbonyl (C=O) groups is 1. The minimum Gasteiger partial charge on any atom is -0.481 e. The molecule has 0 bridgehead atoms. The summed E-state index contributed by atoms with van der Waals surface area (Å²) in [6, 6.07) is 15.6. The maximum Gasteiger partial charge on any atom is 0.265 e. The standard InChI is InChI=1S/C19H23NO2/c1-13(2)17-10-5-6-11-18(17)20-19(21)15(4)22-16-9-7-8-14(3)12-16/h5-13,15H,1-4H3,(H,20,21)/t15-/m0/s1. The summed E-state index contributed by atoms with van der Waals surface area (Å²) in [5.41, 5.74) is 3.08. The third-order valence-corrected chi connectivity index (χ3v) is 3.51. The zero-order chi connectivity index (χ0) is 16.1. The zero-order valence-corrected chi connectivity index (χ0v) is 13.6. The molecule has 0 aliphatic carbocycles. The van der Waals surface area contributed by atoms with Crippen molar-refractivity contribution in [2.45, 2.75) is 39.7 Å². The molecule has 2 rings (SSSR count). The minimum absolute atomic E-state index is 0.144. The van der Waals surface area contributed by atoms with Crippen LogP contribution in [0.2, 0.25) is 0 Å². The van der Waals surface area contributed by atoms with E-state index in [1.54, 1.807) is 6.92 Å². The molecule has 22 heavy (non-hydrogen) atoms. The number of carbonyl (C=O) groups excluding carboxylic acids is 1. The molecule has 0 spiro atoms. The molecule has 116 valence electrons. The van der Waals surface area contributed by atoms with Gasteiger partial charge < -0.3 is 10.1 Å². The molecule has 0 heterocycles. The van der Waals surface area contributed by atoms with Crippen molar-refractivity contribution in [3.63, 3.8) is 0 Å². The van der Waals surface area contributed by atoms with E-state index in [0.29, 0.717) is 11.7 Å². The predicted molar refractivity (Wildman–Crippen MR) is 90.4 cm³/mol. The molecule has 2 aromatic rings. The van der Waals surface area contributed by atoms with Crippen LogP contribution in [-0.4, -0.2) is 12.0 Å². The van der Waals surface area contributed by atoms with Crippen LogP contribution in [0.5, 0.6) is 5.75 Å². The molecule has 3 heteroatoms. The first-order valence-corrected chi connectivity index (χ1v) is 7.60. The first kappa shape index (κ1) is 16.1. The molecule has 0 saturated heterocycles. The van der Waals surface area contributed by atoms with Crippen LogP contribution in [0.4, 0.5) is 5.69 Å². The molecule has 1 amide bonds. The summed E-state index contributed by atoms with van der Waals surface area (Å²) in [6.07, 6.45) is -0.554. The first-order valence-electron chi connectivity index (χ1n) is 7.60. The number of nitrogens with one attached hydrogen (secondary N) is 1. The van der Waals surface area contributed by atoms with Crippen molar-refractivity contribution in [2.24, 2.45) is 0 Å². The van der Waals surface area contributed by atoms with Crippen molar-refractivity contribution in [1.29, 1.82) is 0 Å². The van der Waals surface area contributed by atoms with Gasteiger partial charge in [-0.3, -0.25) is 4.79 Å². The molecule has 0 unspecified atom stereocenters. The lowest BCUT2D eigenvalue weighted by molar-refractivity contribution is -0.122. The zero-order valence-electron chi connectivity index (χ0n) is 13.6. The van der Waals surface area contributed by atoms with Gasteiger partial charge in [-0.25, -0.2) is 0 Å².